The van der Waals surface area contributed by atoms with Crippen molar-refractivity contribution >= 4 is 23.4 Å². The Morgan fingerprint density at radius 2 is 2.15 bits per heavy atom. The lowest BCUT2D eigenvalue weighted by Gasteiger charge is -2.27. The number of aliphatic carboxylic acids is 1. The van der Waals surface area contributed by atoms with Crippen molar-refractivity contribution in [2.45, 2.75) is 32.6 Å². The molecule has 1 N–H and O–H groups in total. The van der Waals surface area contributed by atoms with Gasteiger partial charge in [-0.05, 0) is 36.9 Å². The summed E-state index contributed by atoms with van der Waals surface area (Å²) in [6.45, 7) is 2.57. The van der Waals surface area contributed by atoms with Crippen molar-refractivity contribution in [1.82, 2.24) is 4.90 Å². The molecule has 0 unspecified atom stereocenters. The third-order valence-corrected chi connectivity index (χ3v) is 3.57. The monoisotopic (exact) mass is 307 g/mol. The minimum Gasteiger partial charge on any atom is -0.478 e. The van der Waals surface area contributed by atoms with Gasteiger partial charge in [0.05, 0.1) is 6.54 Å². The van der Waals surface area contributed by atoms with Crippen LogP contribution in [0, 0.1) is 0 Å². The molecule has 0 bridgehead atoms. The molecule has 1 rings (SSSR count). The number of alkyl halides is 3. The third kappa shape index (κ3) is 5.75. The molecule has 0 saturated carbocycles. The average Bonchev–Trinajstić information content (AvgIpc) is 2.71. The molecule has 1 heterocycles. The van der Waals surface area contributed by atoms with Crippen LogP contribution in [0.2, 0.25) is 0 Å². The Hall–Kier alpha value is -1.34. The van der Waals surface area contributed by atoms with E-state index in [1.807, 2.05) is 0 Å². The van der Waals surface area contributed by atoms with Crippen molar-refractivity contribution in [2.24, 2.45) is 0 Å². The third-order valence-electron chi connectivity index (χ3n) is 2.64. The highest BCUT2D eigenvalue weighted by Crippen LogP contribution is 2.24. The van der Waals surface area contributed by atoms with Gasteiger partial charge >= 0.3 is 12.1 Å². The van der Waals surface area contributed by atoms with Gasteiger partial charge in [0.15, 0.2) is 0 Å². The van der Waals surface area contributed by atoms with Crippen molar-refractivity contribution in [2.75, 3.05) is 6.54 Å². The van der Waals surface area contributed by atoms with Crippen molar-refractivity contribution in [3.63, 3.8) is 0 Å². The van der Waals surface area contributed by atoms with Crippen LogP contribution in [-0.2, 0) is 11.3 Å². The normalized spacial score (nSPS) is 12.8. The fourth-order valence-corrected chi connectivity index (χ4v) is 2.52. The van der Waals surface area contributed by atoms with E-state index >= 15 is 0 Å². The summed E-state index contributed by atoms with van der Waals surface area (Å²) in [7, 11) is 0. The summed E-state index contributed by atoms with van der Waals surface area (Å²) in [6.07, 6.45) is -1.87. The fourth-order valence-electron chi connectivity index (χ4n) is 1.62. The maximum absolute atomic E-state index is 12.5. The van der Waals surface area contributed by atoms with Gasteiger partial charge in [0, 0.05) is 23.5 Å². The Bertz CT molecular complexity index is 480. The maximum Gasteiger partial charge on any atom is 0.401 e. The fraction of sp³-hybridized carbons (Fsp3) is 0.462. The minimum absolute atomic E-state index is 0.147. The van der Waals surface area contributed by atoms with Gasteiger partial charge < -0.3 is 5.11 Å². The molecule has 20 heavy (non-hydrogen) atoms. The van der Waals surface area contributed by atoms with Gasteiger partial charge in [0.1, 0.15) is 0 Å². The highest BCUT2D eigenvalue weighted by atomic mass is 32.1. The molecule has 0 spiro atoms. The van der Waals surface area contributed by atoms with Crippen molar-refractivity contribution in [1.29, 1.82) is 0 Å². The topological polar surface area (TPSA) is 40.5 Å². The lowest BCUT2D eigenvalue weighted by molar-refractivity contribution is -0.150. The number of carbonyl (C=O) groups is 1. The smallest absolute Gasteiger partial charge is 0.401 e. The van der Waals surface area contributed by atoms with Crippen molar-refractivity contribution in [3.8, 4) is 0 Å². The summed E-state index contributed by atoms with van der Waals surface area (Å²) < 4.78 is 37.6. The number of hydrogen-bond acceptors (Lipinski definition) is 3. The number of carboxylic acids is 1. The van der Waals surface area contributed by atoms with E-state index in [0.717, 1.165) is 11.0 Å². The highest BCUT2D eigenvalue weighted by molar-refractivity contribution is 7.10. The number of hydrogen-bond donors (Lipinski definition) is 1. The zero-order valence-electron chi connectivity index (χ0n) is 11.1. The summed E-state index contributed by atoms with van der Waals surface area (Å²) in [5.74, 6) is -1.09. The van der Waals surface area contributed by atoms with E-state index in [1.54, 1.807) is 25.3 Å². The summed E-state index contributed by atoms with van der Waals surface area (Å²) >= 11 is 1.32. The highest BCUT2D eigenvalue weighted by Gasteiger charge is 2.32. The van der Waals surface area contributed by atoms with E-state index < -0.39 is 18.7 Å². The first-order valence-corrected chi connectivity index (χ1v) is 6.85. The molecule has 1 aromatic heterocycles. The van der Waals surface area contributed by atoms with Crippen LogP contribution in [-0.4, -0.2) is 34.7 Å². The Morgan fingerprint density at radius 3 is 2.65 bits per heavy atom. The molecule has 0 aromatic carbocycles. The molecule has 0 radical (unpaired) electrons. The molecule has 0 aliphatic rings. The van der Waals surface area contributed by atoms with Crippen LogP contribution in [0.1, 0.15) is 24.3 Å². The van der Waals surface area contributed by atoms with Crippen LogP contribution in [0.15, 0.2) is 17.5 Å². The number of carboxylic acid groups (broad SMARTS) is 1. The van der Waals surface area contributed by atoms with Crippen LogP contribution in [0.3, 0.4) is 0 Å². The van der Waals surface area contributed by atoms with Gasteiger partial charge in [0.25, 0.3) is 0 Å². The Kier molecular flexibility index (Phi) is 5.76. The molecular weight excluding hydrogens is 291 g/mol. The minimum atomic E-state index is -4.25. The second-order valence-electron chi connectivity index (χ2n) is 4.58. The van der Waals surface area contributed by atoms with Crippen LogP contribution in [0.4, 0.5) is 13.2 Å². The summed E-state index contributed by atoms with van der Waals surface area (Å²) in [5, 5.41) is 10.3. The first-order valence-electron chi connectivity index (χ1n) is 5.97. The second kappa shape index (κ2) is 6.90. The van der Waals surface area contributed by atoms with E-state index in [-0.39, 0.29) is 12.6 Å². The average molecular weight is 307 g/mol. The molecule has 0 saturated heterocycles. The molecule has 112 valence electrons. The van der Waals surface area contributed by atoms with Gasteiger partial charge in [-0.2, -0.15) is 13.2 Å². The van der Waals surface area contributed by atoms with E-state index in [9.17, 15) is 18.0 Å². The maximum atomic E-state index is 12.5. The zero-order valence-corrected chi connectivity index (χ0v) is 12.0. The summed E-state index contributed by atoms with van der Waals surface area (Å²) in [4.78, 5) is 12.5. The van der Waals surface area contributed by atoms with Crippen LogP contribution < -0.4 is 0 Å². The summed E-state index contributed by atoms with van der Waals surface area (Å²) in [5.41, 5.74) is 0.644. The van der Waals surface area contributed by atoms with Crippen molar-refractivity contribution < 1.29 is 23.1 Å². The second-order valence-corrected chi connectivity index (χ2v) is 5.59. The van der Waals surface area contributed by atoms with Crippen LogP contribution in [0.5, 0.6) is 0 Å². The number of rotatable bonds is 6. The largest absolute Gasteiger partial charge is 0.478 e. The van der Waals surface area contributed by atoms with Gasteiger partial charge in [-0.25, -0.2) is 4.79 Å². The van der Waals surface area contributed by atoms with E-state index in [4.69, 9.17) is 5.11 Å². The SMILES string of the molecule is CC(C)N(Cc1sccc1C=CC(=O)O)CC(F)(F)F. The number of nitrogens with zero attached hydrogens (tertiary/aromatic N) is 1. The predicted octanol–water partition coefficient (Wildman–Crippen LogP) is 3.62. The van der Waals surface area contributed by atoms with E-state index in [1.165, 1.54) is 22.3 Å². The molecule has 0 aliphatic heterocycles. The van der Waals surface area contributed by atoms with Gasteiger partial charge in [-0.15, -0.1) is 11.3 Å². The predicted molar refractivity (Wildman–Crippen MR) is 72.6 cm³/mol. The number of halogens is 3. The van der Waals surface area contributed by atoms with Crippen LogP contribution >= 0.6 is 11.3 Å². The van der Waals surface area contributed by atoms with E-state index in [2.05, 4.69) is 0 Å². The van der Waals surface area contributed by atoms with Gasteiger partial charge in [0.2, 0.25) is 0 Å². The standard InChI is InChI=1S/C13H16F3NO2S/c1-9(2)17(8-13(14,15)16)7-11-10(5-6-20-11)3-4-12(18)19/h3-6,9H,7-8H2,1-2H3,(H,18,19). The van der Waals surface area contributed by atoms with Crippen molar-refractivity contribution in [3.05, 3.63) is 28.0 Å². The Morgan fingerprint density at radius 1 is 1.50 bits per heavy atom. The van der Waals surface area contributed by atoms with Crippen LogP contribution in [0.25, 0.3) is 6.08 Å². The molecule has 0 aliphatic carbocycles. The number of thiophene rings is 1. The first kappa shape index (κ1) is 16.7. The van der Waals surface area contributed by atoms with E-state index in [0.29, 0.717) is 5.56 Å². The Labute approximate surface area is 119 Å². The molecule has 0 amide bonds. The Balaban J connectivity index is 2.84. The lowest BCUT2D eigenvalue weighted by Crippen LogP contribution is -2.38. The molecular formula is C13H16F3NO2S. The zero-order chi connectivity index (χ0) is 15.3. The lowest BCUT2D eigenvalue weighted by atomic mass is 10.2. The molecule has 7 heteroatoms. The first-order chi connectivity index (χ1) is 9.19. The summed E-state index contributed by atoms with van der Waals surface area (Å²) in [6, 6.07) is 1.45. The van der Waals surface area contributed by atoms with Gasteiger partial charge in [-0.1, -0.05) is 0 Å². The molecule has 0 fully saturated rings. The quantitative estimate of drug-likeness (QED) is 0.816. The molecule has 0 atom stereocenters. The molecule has 3 nitrogen and oxygen atoms in total. The molecule has 1 aromatic rings. The van der Waals surface area contributed by atoms with Gasteiger partial charge in [-0.3, -0.25) is 4.90 Å².